The van der Waals surface area contributed by atoms with E-state index in [2.05, 4.69) is 10.5 Å². The van der Waals surface area contributed by atoms with E-state index in [1.165, 1.54) is 4.90 Å². The van der Waals surface area contributed by atoms with E-state index >= 15 is 0 Å². The summed E-state index contributed by atoms with van der Waals surface area (Å²) in [6, 6.07) is 15.6. The highest BCUT2D eigenvalue weighted by atomic mass is 16.5. The number of amides is 2. The third-order valence-corrected chi connectivity index (χ3v) is 4.17. The first-order chi connectivity index (χ1) is 12.5. The highest BCUT2D eigenvalue weighted by Gasteiger charge is 2.13. The zero-order valence-corrected chi connectivity index (χ0v) is 14.9. The topological polar surface area (TPSA) is 75.4 Å². The van der Waals surface area contributed by atoms with Crippen LogP contribution in [0.2, 0.25) is 0 Å². The van der Waals surface area contributed by atoms with Gasteiger partial charge in [0, 0.05) is 13.1 Å². The van der Waals surface area contributed by atoms with E-state index in [1.807, 2.05) is 42.5 Å². The van der Waals surface area contributed by atoms with Gasteiger partial charge in [-0.05, 0) is 23.3 Å². The molecule has 0 spiro atoms. The number of rotatable bonds is 6. The number of aromatic nitrogens is 1. The van der Waals surface area contributed by atoms with Crippen LogP contribution in [0.25, 0.3) is 10.8 Å². The molecule has 26 heavy (non-hydrogen) atoms. The van der Waals surface area contributed by atoms with Gasteiger partial charge < -0.3 is 14.7 Å². The highest BCUT2D eigenvalue weighted by molar-refractivity contribution is 5.91. The van der Waals surface area contributed by atoms with E-state index in [0.717, 1.165) is 16.3 Å². The second-order valence-electron chi connectivity index (χ2n) is 6.27. The number of carbonyl (C=O) groups excluding carboxylic acids is 2. The third-order valence-electron chi connectivity index (χ3n) is 4.17. The van der Waals surface area contributed by atoms with E-state index in [4.69, 9.17) is 4.52 Å². The van der Waals surface area contributed by atoms with Crippen molar-refractivity contribution in [3.8, 4) is 0 Å². The van der Waals surface area contributed by atoms with Crippen molar-refractivity contribution in [2.75, 3.05) is 13.6 Å². The van der Waals surface area contributed by atoms with Gasteiger partial charge in [-0.15, -0.1) is 0 Å². The SMILES string of the molecule is Cc1cc(CN(C)C(=O)CNC(=O)Cc2cccc3ccccc23)no1. The van der Waals surface area contributed by atoms with Crippen LogP contribution in [-0.2, 0) is 22.6 Å². The molecule has 1 N–H and O–H groups in total. The molecular weight excluding hydrogens is 330 g/mol. The van der Waals surface area contributed by atoms with Crippen LogP contribution in [0, 0.1) is 6.92 Å². The molecule has 0 aliphatic heterocycles. The van der Waals surface area contributed by atoms with Crippen LogP contribution < -0.4 is 5.32 Å². The number of nitrogens with zero attached hydrogens (tertiary/aromatic N) is 2. The first-order valence-corrected chi connectivity index (χ1v) is 8.42. The van der Waals surface area contributed by atoms with Gasteiger partial charge in [0.1, 0.15) is 11.5 Å². The second-order valence-corrected chi connectivity index (χ2v) is 6.27. The van der Waals surface area contributed by atoms with Gasteiger partial charge in [-0.3, -0.25) is 9.59 Å². The second kappa shape index (κ2) is 7.82. The summed E-state index contributed by atoms with van der Waals surface area (Å²) in [5, 5.41) is 8.70. The Labute approximate surface area is 151 Å². The van der Waals surface area contributed by atoms with Gasteiger partial charge >= 0.3 is 0 Å². The minimum absolute atomic E-state index is 0.0447. The number of hydrogen-bond donors (Lipinski definition) is 1. The van der Waals surface area contributed by atoms with Crippen LogP contribution in [0.4, 0.5) is 0 Å². The fourth-order valence-corrected chi connectivity index (χ4v) is 2.81. The molecule has 0 atom stereocenters. The first kappa shape index (κ1) is 17.7. The summed E-state index contributed by atoms with van der Waals surface area (Å²) in [4.78, 5) is 25.9. The number of hydrogen-bond acceptors (Lipinski definition) is 4. The van der Waals surface area contributed by atoms with E-state index in [1.54, 1.807) is 20.0 Å². The largest absolute Gasteiger partial charge is 0.361 e. The summed E-state index contributed by atoms with van der Waals surface area (Å²) in [5.74, 6) is 0.335. The van der Waals surface area contributed by atoms with Crippen LogP contribution in [0.1, 0.15) is 17.0 Å². The molecule has 1 aromatic heterocycles. The summed E-state index contributed by atoms with van der Waals surface area (Å²) in [5.41, 5.74) is 1.62. The highest BCUT2D eigenvalue weighted by Crippen LogP contribution is 2.18. The maximum Gasteiger partial charge on any atom is 0.242 e. The van der Waals surface area contributed by atoms with Crippen LogP contribution in [0.5, 0.6) is 0 Å². The van der Waals surface area contributed by atoms with Gasteiger partial charge in [-0.2, -0.15) is 0 Å². The molecule has 2 amide bonds. The van der Waals surface area contributed by atoms with Crippen molar-refractivity contribution in [2.45, 2.75) is 19.9 Å². The smallest absolute Gasteiger partial charge is 0.242 e. The van der Waals surface area contributed by atoms with Crippen molar-refractivity contribution in [3.05, 3.63) is 65.5 Å². The molecule has 6 nitrogen and oxygen atoms in total. The molecule has 3 aromatic rings. The molecule has 3 rings (SSSR count). The molecule has 0 aliphatic rings. The van der Waals surface area contributed by atoms with Crippen molar-refractivity contribution in [1.82, 2.24) is 15.4 Å². The molecule has 1 heterocycles. The Kier molecular flexibility index (Phi) is 5.31. The summed E-state index contributed by atoms with van der Waals surface area (Å²) in [7, 11) is 1.67. The van der Waals surface area contributed by atoms with E-state index in [9.17, 15) is 9.59 Å². The fraction of sp³-hybridized carbons (Fsp3) is 0.250. The number of likely N-dealkylation sites (N-methyl/N-ethyl adjacent to an activating group) is 1. The Bertz CT molecular complexity index is 927. The van der Waals surface area contributed by atoms with Crippen LogP contribution in [0.15, 0.2) is 53.1 Å². The maximum absolute atomic E-state index is 12.2. The summed E-state index contributed by atoms with van der Waals surface area (Å²) in [6.45, 7) is 2.10. The Morgan fingerprint density at radius 1 is 1.15 bits per heavy atom. The molecule has 2 aromatic carbocycles. The quantitative estimate of drug-likeness (QED) is 0.740. The normalized spacial score (nSPS) is 10.7. The van der Waals surface area contributed by atoms with Gasteiger partial charge in [0.05, 0.1) is 19.5 Å². The van der Waals surface area contributed by atoms with Crippen LogP contribution in [0.3, 0.4) is 0 Å². The van der Waals surface area contributed by atoms with Gasteiger partial charge in [0.15, 0.2) is 0 Å². The number of fused-ring (bicyclic) bond motifs is 1. The van der Waals surface area contributed by atoms with Crippen LogP contribution in [-0.4, -0.2) is 35.5 Å². The van der Waals surface area contributed by atoms with Gasteiger partial charge in [-0.25, -0.2) is 0 Å². The zero-order chi connectivity index (χ0) is 18.5. The molecule has 6 heteroatoms. The lowest BCUT2D eigenvalue weighted by molar-refractivity contribution is -0.132. The standard InChI is InChI=1S/C20H21N3O3/c1-14-10-17(22-26-14)13-23(2)20(25)12-21-19(24)11-16-8-5-7-15-6-3-4-9-18(15)16/h3-10H,11-13H2,1-2H3,(H,21,24). The van der Waals surface area contributed by atoms with Gasteiger partial charge in [0.2, 0.25) is 11.8 Å². The van der Waals surface area contributed by atoms with Crippen molar-refractivity contribution in [2.24, 2.45) is 0 Å². The summed E-state index contributed by atoms with van der Waals surface area (Å²) < 4.78 is 4.99. The third kappa shape index (κ3) is 4.27. The minimum atomic E-state index is -0.183. The average molecular weight is 351 g/mol. The summed E-state index contributed by atoms with van der Waals surface area (Å²) >= 11 is 0. The fourth-order valence-electron chi connectivity index (χ4n) is 2.81. The molecule has 0 bridgehead atoms. The number of benzene rings is 2. The number of nitrogens with one attached hydrogen (secondary N) is 1. The minimum Gasteiger partial charge on any atom is -0.361 e. The molecule has 0 radical (unpaired) electrons. The molecular formula is C20H21N3O3. The Morgan fingerprint density at radius 2 is 1.92 bits per heavy atom. The molecule has 0 aliphatic carbocycles. The first-order valence-electron chi connectivity index (χ1n) is 8.42. The van der Waals surface area contributed by atoms with Crippen molar-refractivity contribution >= 4 is 22.6 Å². The molecule has 0 saturated carbocycles. The molecule has 0 fully saturated rings. The van der Waals surface area contributed by atoms with Crippen LogP contribution >= 0.6 is 0 Å². The Morgan fingerprint density at radius 3 is 2.69 bits per heavy atom. The Hall–Kier alpha value is -3.15. The lowest BCUT2D eigenvalue weighted by atomic mass is 10.0. The van der Waals surface area contributed by atoms with Crippen molar-refractivity contribution in [3.63, 3.8) is 0 Å². The number of carbonyl (C=O) groups is 2. The van der Waals surface area contributed by atoms with Gasteiger partial charge in [-0.1, -0.05) is 47.6 Å². The van der Waals surface area contributed by atoms with E-state index < -0.39 is 0 Å². The summed E-state index contributed by atoms with van der Waals surface area (Å²) in [6.07, 6.45) is 0.237. The molecule has 0 saturated heterocycles. The molecule has 134 valence electrons. The van der Waals surface area contributed by atoms with Crippen molar-refractivity contribution < 1.29 is 14.1 Å². The lowest BCUT2D eigenvalue weighted by Crippen LogP contribution is -2.38. The maximum atomic E-state index is 12.2. The Balaban J connectivity index is 1.54. The van der Waals surface area contributed by atoms with Crippen molar-refractivity contribution in [1.29, 1.82) is 0 Å². The van der Waals surface area contributed by atoms with Gasteiger partial charge in [0.25, 0.3) is 0 Å². The molecule has 0 unspecified atom stereocenters. The predicted octanol–water partition coefficient (Wildman–Crippen LogP) is 2.45. The number of aryl methyl sites for hydroxylation is 1. The van der Waals surface area contributed by atoms with E-state index in [0.29, 0.717) is 18.0 Å². The average Bonchev–Trinajstić information content (AvgIpc) is 3.04. The van der Waals surface area contributed by atoms with E-state index in [-0.39, 0.29) is 24.8 Å². The zero-order valence-electron chi connectivity index (χ0n) is 14.9. The lowest BCUT2D eigenvalue weighted by Gasteiger charge is -2.16. The monoisotopic (exact) mass is 351 g/mol. The predicted molar refractivity (Wildman–Crippen MR) is 98.4 cm³/mol.